The van der Waals surface area contributed by atoms with E-state index in [1.165, 1.54) is 25.6 Å². The molecule has 0 saturated carbocycles. The van der Waals surface area contributed by atoms with Crippen molar-refractivity contribution >= 4 is 51.3 Å². The van der Waals surface area contributed by atoms with Crippen LogP contribution in [-0.2, 0) is 15.9 Å². The molecule has 1 aromatic carbocycles. The van der Waals surface area contributed by atoms with Crippen molar-refractivity contribution in [3.05, 3.63) is 45.8 Å². The number of para-hydroxylation sites is 1. The van der Waals surface area contributed by atoms with Crippen LogP contribution in [0.1, 0.15) is 38.1 Å². The Bertz CT molecular complexity index is 846. The Morgan fingerprint density at radius 3 is 2.38 bits per heavy atom. The Hall–Kier alpha value is -2.45. The van der Waals surface area contributed by atoms with Crippen molar-refractivity contribution in [3.8, 4) is 0 Å². The molecule has 0 amide bonds. The maximum absolute atomic E-state index is 12.2. The van der Waals surface area contributed by atoms with Crippen molar-refractivity contribution < 1.29 is 19.1 Å². The number of thiocarbonyl (C=S) groups is 1. The highest BCUT2D eigenvalue weighted by Crippen LogP contribution is 2.34. The average Bonchev–Trinajstić information content (AvgIpc) is 2.95. The number of ether oxygens (including phenoxy) is 2. The molecule has 0 aliphatic heterocycles. The number of hydrogen-bond acceptors (Lipinski definition) is 6. The number of benzene rings is 1. The highest BCUT2D eigenvalue weighted by atomic mass is 32.1. The second kappa shape index (κ2) is 8.77. The number of esters is 2. The fourth-order valence-electron chi connectivity index (χ4n) is 2.55. The predicted molar refractivity (Wildman–Crippen MR) is 107 cm³/mol. The van der Waals surface area contributed by atoms with Crippen LogP contribution in [0.5, 0.6) is 0 Å². The second-order valence-corrected chi connectivity index (χ2v) is 6.94. The molecule has 1 heterocycles. The van der Waals surface area contributed by atoms with Crippen LogP contribution in [0.3, 0.4) is 0 Å². The number of thiophene rings is 1. The number of nitrogens with one attached hydrogen (secondary N) is 2. The minimum absolute atomic E-state index is 0.260. The molecule has 0 spiro atoms. The van der Waals surface area contributed by atoms with Crippen LogP contribution in [0.15, 0.2) is 24.3 Å². The molecule has 138 valence electrons. The second-order valence-electron chi connectivity index (χ2n) is 5.30. The molecule has 8 heteroatoms. The molecule has 0 atom stereocenters. The Balaban J connectivity index is 2.27. The van der Waals surface area contributed by atoms with Crippen LogP contribution in [0.2, 0.25) is 0 Å². The Labute approximate surface area is 161 Å². The molecule has 1 aromatic heterocycles. The molecule has 26 heavy (non-hydrogen) atoms. The van der Waals surface area contributed by atoms with Crippen LogP contribution in [0.4, 0.5) is 10.7 Å². The van der Waals surface area contributed by atoms with Crippen molar-refractivity contribution in [2.24, 2.45) is 0 Å². The van der Waals surface area contributed by atoms with Gasteiger partial charge in [-0.25, -0.2) is 9.59 Å². The van der Waals surface area contributed by atoms with Crippen molar-refractivity contribution in [3.63, 3.8) is 0 Å². The monoisotopic (exact) mass is 392 g/mol. The van der Waals surface area contributed by atoms with E-state index in [2.05, 4.69) is 10.6 Å². The summed E-state index contributed by atoms with van der Waals surface area (Å²) in [7, 11) is 2.67. The number of aryl methyl sites for hydroxylation is 1. The van der Waals surface area contributed by atoms with Crippen LogP contribution in [-0.4, -0.2) is 31.3 Å². The molecule has 2 N–H and O–H groups in total. The Kier molecular flexibility index (Phi) is 6.70. The first-order valence-electron chi connectivity index (χ1n) is 7.88. The van der Waals surface area contributed by atoms with Crippen LogP contribution in [0, 0.1) is 6.92 Å². The standard InChI is InChI=1S/C18H20N2O4S2/c1-5-11-10(2)26-15(14(11)17(22)24-4)20-18(25)19-13-9-7-6-8-12(13)16(21)23-3/h6-9H,5H2,1-4H3,(H2,19,20,25). The van der Waals surface area contributed by atoms with Gasteiger partial charge in [0.05, 0.1) is 31.0 Å². The van der Waals surface area contributed by atoms with Gasteiger partial charge in [0, 0.05) is 4.88 Å². The molecule has 0 aliphatic rings. The minimum Gasteiger partial charge on any atom is -0.465 e. The molecular weight excluding hydrogens is 372 g/mol. The molecular formula is C18H20N2O4S2. The smallest absolute Gasteiger partial charge is 0.341 e. The molecule has 0 aliphatic carbocycles. The number of hydrogen-bond donors (Lipinski definition) is 2. The van der Waals surface area contributed by atoms with Crippen molar-refractivity contribution in [1.82, 2.24) is 0 Å². The first-order valence-corrected chi connectivity index (χ1v) is 9.11. The van der Waals surface area contributed by atoms with Gasteiger partial charge in [-0.05, 0) is 43.3 Å². The van der Waals surface area contributed by atoms with Gasteiger partial charge >= 0.3 is 11.9 Å². The average molecular weight is 393 g/mol. The normalized spacial score (nSPS) is 10.2. The van der Waals surface area contributed by atoms with E-state index >= 15 is 0 Å². The maximum Gasteiger partial charge on any atom is 0.341 e. The van der Waals surface area contributed by atoms with E-state index in [9.17, 15) is 9.59 Å². The first kappa shape index (κ1) is 19.9. The van der Waals surface area contributed by atoms with Gasteiger partial charge in [-0.2, -0.15) is 0 Å². The summed E-state index contributed by atoms with van der Waals surface area (Å²) in [4.78, 5) is 25.0. The zero-order valence-electron chi connectivity index (χ0n) is 15.0. The van der Waals surface area contributed by atoms with Gasteiger partial charge in [0.15, 0.2) is 5.11 Å². The largest absolute Gasteiger partial charge is 0.465 e. The van der Waals surface area contributed by atoms with Crippen LogP contribution >= 0.6 is 23.6 Å². The predicted octanol–water partition coefficient (Wildman–Crippen LogP) is 4.00. The Morgan fingerprint density at radius 1 is 1.12 bits per heavy atom. The third-order valence-electron chi connectivity index (χ3n) is 3.76. The van der Waals surface area contributed by atoms with Gasteiger partial charge in [-0.1, -0.05) is 19.1 Å². The molecule has 6 nitrogen and oxygen atoms in total. The summed E-state index contributed by atoms with van der Waals surface area (Å²) in [6.07, 6.45) is 0.708. The summed E-state index contributed by atoms with van der Waals surface area (Å²) in [5.41, 5.74) is 2.30. The van der Waals surface area contributed by atoms with E-state index in [0.717, 1.165) is 10.4 Å². The lowest BCUT2D eigenvalue weighted by molar-refractivity contribution is 0.0592. The van der Waals surface area contributed by atoms with Crippen molar-refractivity contribution in [2.75, 3.05) is 24.9 Å². The minimum atomic E-state index is -0.466. The number of rotatable bonds is 5. The lowest BCUT2D eigenvalue weighted by Crippen LogP contribution is -2.21. The number of anilines is 2. The van der Waals surface area contributed by atoms with E-state index in [1.807, 2.05) is 13.8 Å². The van der Waals surface area contributed by atoms with Crippen molar-refractivity contribution in [2.45, 2.75) is 20.3 Å². The summed E-state index contributed by atoms with van der Waals surface area (Å²) in [6, 6.07) is 6.88. The quantitative estimate of drug-likeness (QED) is 0.588. The number of carbonyl (C=O) groups is 2. The lowest BCUT2D eigenvalue weighted by atomic mass is 10.1. The molecule has 0 fully saturated rings. The molecule has 0 bridgehead atoms. The highest BCUT2D eigenvalue weighted by molar-refractivity contribution is 7.80. The van der Waals surface area contributed by atoms with E-state index in [1.54, 1.807) is 24.3 Å². The molecule has 0 saturated heterocycles. The van der Waals surface area contributed by atoms with E-state index in [4.69, 9.17) is 21.7 Å². The summed E-state index contributed by atoms with van der Waals surface area (Å²) >= 11 is 6.78. The van der Waals surface area contributed by atoms with Gasteiger partial charge in [0.2, 0.25) is 0 Å². The van der Waals surface area contributed by atoms with Gasteiger partial charge < -0.3 is 20.1 Å². The Morgan fingerprint density at radius 2 is 1.77 bits per heavy atom. The summed E-state index contributed by atoms with van der Waals surface area (Å²) in [5.74, 6) is -0.877. The van der Waals surface area contributed by atoms with Crippen LogP contribution in [0.25, 0.3) is 0 Å². The van der Waals surface area contributed by atoms with E-state index in [0.29, 0.717) is 28.2 Å². The van der Waals surface area contributed by atoms with Gasteiger partial charge in [-0.15, -0.1) is 11.3 Å². The highest BCUT2D eigenvalue weighted by Gasteiger charge is 2.22. The number of carbonyl (C=O) groups excluding carboxylic acids is 2. The molecule has 2 rings (SSSR count). The zero-order valence-corrected chi connectivity index (χ0v) is 16.6. The van der Waals surface area contributed by atoms with Gasteiger partial charge in [0.25, 0.3) is 0 Å². The van der Waals surface area contributed by atoms with Gasteiger partial charge in [0.1, 0.15) is 5.00 Å². The third-order valence-corrected chi connectivity index (χ3v) is 5.03. The number of methoxy groups -OCH3 is 2. The zero-order chi connectivity index (χ0) is 19.3. The molecule has 0 radical (unpaired) electrons. The first-order chi connectivity index (χ1) is 12.4. The fourth-order valence-corrected chi connectivity index (χ4v) is 3.96. The lowest BCUT2D eigenvalue weighted by Gasteiger charge is -2.13. The topological polar surface area (TPSA) is 76.7 Å². The van der Waals surface area contributed by atoms with Crippen LogP contribution < -0.4 is 10.6 Å². The summed E-state index contributed by atoms with van der Waals surface area (Å²) in [5, 5.41) is 6.89. The third kappa shape index (κ3) is 4.20. The molecule has 2 aromatic rings. The summed E-state index contributed by atoms with van der Waals surface area (Å²) < 4.78 is 9.67. The fraction of sp³-hybridized carbons (Fsp3) is 0.278. The van der Waals surface area contributed by atoms with Gasteiger partial charge in [-0.3, -0.25) is 0 Å². The van der Waals surface area contributed by atoms with E-state index in [-0.39, 0.29) is 5.11 Å². The van der Waals surface area contributed by atoms with E-state index < -0.39 is 11.9 Å². The summed E-state index contributed by atoms with van der Waals surface area (Å²) in [6.45, 7) is 3.93. The maximum atomic E-state index is 12.2. The molecule has 0 unspecified atom stereocenters. The van der Waals surface area contributed by atoms with Crippen molar-refractivity contribution in [1.29, 1.82) is 0 Å². The SMILES string of the molecule is CCc1c(C)sc(NC(=S)Nc2ccccc2C(=O)OC)c1C(=O)OC.